The van der Waals surface area contributed by atoms with Crippen molar-refractivity contribution >= 4 is 23.4 Å². The Kier molecular flexibility index (Phi) is 4.12. The van der Waals surface area contributed by atoms with Gasteiger partial charge in [-0.1, -0.05) is 29.5 Å². The second-order valence-electron chi connectivity index (χ2n) is 4.25. The fourth-order valence-corrected chi connectivity index (χ4v) is 2.67. The molecule has 2 aromatic carbocycles. The van der Waals surface area contributed by atoms with Gasteiger partial charge in [0.25, 0.3) is 5.91 Å². The van der Waals surface area contributed by atoms with Gasteiger partial charge in [0.1, 0.15) is 0 Å². The molecule has 2 rings (SSSR count). The van der Waals surface area contributed by atoms with Crippen LogP contribution in [-0.4, -0.2) is 13.0 Å². The molecule has 98 valence electrons. The number of benzene rings is 2. The molecule has 4 heteroatoms. The first-order valence-electron chi connectivity index (χ1n) is 5.96. The van der Waals surface area contributed by atoms with E-state index in [0.29, 0.717) is 11.3 Å². The van der Waals surface area contributed by atoms with Crippen molar-refractivity contribution < 1.29 is 4.79 Å². The van der Waals surface area contributed by atoms with Crippen molar-refractivity contribution in [2.24, 2.45) is 0 Å². The van der Waals surface area contributed by atoms with E-state index < -0.39 is 0 Å². The Hall–Kier alpha value is -1.94. The Morgan fingerprint density at radius 1 is 1.16 bits per heavy atom. The van der Waals surface area contributed by atoms with E-state index in [1.54, 1.807) is 19.2 Å². The van der Waals surface area contributed by atoms with Crippen LogP contribution in [0.1, 0.15) is 15.9 Å². The molecule has 0 bridgehead atoms. The Morgan fingerprint density at radius 3 is 2.47 bits per heavy atom. The van der Waals surface area contributed by atoms with E-state index in [1.165, 1.54) is 17.3 Å². The summed E-state index contributed by atoms with van der Waals surface area (Å²) in [6.07, 6.45) is 0. The maximum Gasteiger partial charge on any atom is 0.252 e. The summed E-state index contributed by atoms with van der Waals surface area (Å²) in [5.41, 5.74) is 8.31. The first-order chi connectivity index (χ1) is 9.10. The van der Waals surface area contributed by atoms with Gasteiger partial charge in [0.15, 0.2) is 0 Å². The van der Waals surface area contributed by atoms with Crippen LogP contribution in [0.25, 0.3) is 0 Å². The molecule has 0 saturated carbocycles. The zero-order valence-electron chi connectivity index (χ0n) is 10.9. The van der Waals surface area contributed by atoms with E-state index in [1.807, 2.05) is 37.3 Å². The molecular formula is C15H16N2OS. The van der Waals surface area contributed by atoms with Crippen molar-refractivity contribution in [1.82, 2.24) is 5.32 Å². The van der Waals surface area contributed by atoms with E-state index >= 15 is 0 Å². The van der Waals surface area contributed by atoms with Gasteiger partial charge in [0.2, 0.25) is 0 Å². The third-order valence-corrected chi connectivity index (χ3v) is 3.79. The van der Waals surface area contributed by atoms with Crippen molar-refractivity contribution in [2.45, 2.75) is 16.7 Å². The number of aryl methyl sites for hydroxylation is 1. The molecule has 1 amide bonds. The molecule has 0 atom stereocenters. The number of carbonyl (C=O) groups is 1. The van der Waals surface area contributed by atoms with Gasteiger partial charge in [0, 0.05) is 22.5 Å². The minimum absolute atomic E-state index is 0.102. The molecule has 0 aliphatic heterocycles. The molecule has 0 aliphatic carbocycles. The normalized spacial score (nSPS) is 10.2. The number of nitrogen functional groups attached to an aromatic ring is 1. The maximum absolute atomic E-state index is 11.8. The van der Waals surface area contributed by atoms with Crippen molar-refractivity contribution in [3.63, 3.8) is 0 Å². The van der Waals surface area contributed by atoms with Crippen molar-refractivity contribution in [3.8, 4) is 0 Å². The van der Waals surface area contributed by atoms with Crippen LogP contribution >= 0.6 is 11.8 Å². The molecule has 3 nitrogen and oxygen atoms in total. The van der Waals surface area contributed by atoms with Crippen LogP contribution in [0, 0.1) is 6.92 Å². The van der Waals surface area contributed by atoms with Gasteiger partial charge in [-0.25, -0.2) is 0 Å². The highest BCUT2D eigenvalue weighted by Crippen LogP contribution is 2.32. The molecule has 0 spiro atoms. The number of hydrogen-bond donors (Lipinski definition) is 2. The van der Waals surface area contributed by atoms with E-state index in [2.05, 4.69) is 5.32 Å². The molecule has 19 heavy (non-hydrogen) atoms. The average molecular weight is 272 g/mol. The lowest BCUT2D eigenvalue weighted by atomic mass is 10.2. The van der Waals surface area contributed by atoms with Crippen LogP contribution in [0.15, 0.2) is 52.3 Å². The molecular weight excluding hydrogens is 256 g/mol. The van der Waals surface area contributed by atoms with Crippen LogP contribution in [0.3, 0.4) is 0 Å². The van der Waals surface area contributed by atoms with Gasteiger partial charge in [-0.2, -0.15) is 0 Å². The minimum Gasteiger partial charge on any atom is -0.399 e. The zero-order valence-corrected chi connectivity index (χ0v) is 11.8. The standard InChI is InChI=1S/C15H16N2OS/c1-10-3-6-12(7-4-10)19-14-9-11(16)5-8-13(14)15(18)17-2/h3-9H,16H2,1-2H3,(H,17,18). The Balaban J connectivity index is 2.35. The summed E-state index contributed by atoms with van der Waals surface area (Å²) in [6.45, 7) is 2.05. The second-order valence-corrected chi connectivity index (χ2v) is 5.37. The third-order valence-electron chi connectivity index (χ3n) is 2.73. The second kappa shape index (κ2) is 5.80. The van der Waals surface area contributed by atoms with Gasteiger partial charge >= 0.3 is 0 Å². The van der Waals surface area contributed by atoms with E-state index in [4.69, 9.17) is 5.73 Å². The predicted molar refractivity (Wildman–Crippen MR) is 79.5 cm³/mol. The van der Waals surface area contributed by atoms with Crippen LogP contribution in [-0.2, 0) is 0 Å². The highest BCUT2D eigenvalue weighted by atomic mass is 32.2. The summed E-state index contributed by atoms with van der Waals surface area (Å²) in [5.74, 6) is -0.102. The number of anilines is 1. The number of rotatable bonds is 3. The third kappa shape index (κ3) is 3.29. The molecule has 2 aromatic rings. The summed E-state index contributed by atoms with van der Waals surface area (Å²) in [6, 6.07) is 13.5. The molecule has 3 N–H and O–H groups in total. The topological polar surface area (TPSA) is 55.1 Å². The zero-order chi connectivity index (χ0) is 13.8. The van der Waals surface area contributed by atoms with Crippen LogP contribution in [0.4, 0.5) is 5.69 Å². The number of amides is 1. The highest BCUT2D eigenvalue weighted by Gasteiger charge is 2.11. The summed E-state index contributed by atoms with van der Waals surface area (Å²) >= 11 is 1.54. The number of nitrogens with two attached hydrogens (primary N) is 1. The van der Waals surface area contributed by atoms with Crippen molar-refractivity contribution in [1.29, 1.82) is 0 Å². The molecule has 0 unspecified atom stereocenters. The molecule has 0 radical (unpaired) electrons. The summed E-state index contributed by atoms with van der Waals surface area (Å²) < 4.78 is 0. The van der Waals surface area contributed by atoms with Gasteiger partial charge in [-0.05, 0) is 37.3 Å². The van der Waals surface area contributed by atoms with Crippen LogP contribution in [0.2, 0.25) is 0 Å². The number of hydrogen-bond acceptors (Lipinski definition) is 3. The Bertz CT molecular complexity index is 594. The summed E-state index contributed by atoms with van der Waals surface area (Å²) in [7, 11) is 1.62. The molecule has 0 saturated heterocycles. The quantitative estimate of drug-likeness (QED) is 0.844. The lowest BCUT2D eigenvalue weighted by Crippen LogP contribution is -2.18. The Morgan fingerprint density at radius 2 is 1.84 bits per heavy atom. The SMILES string of the molecule is CNC(=O)c1ccc(N)cc1Sc1ccc(C)cc1. The van der Waals surface area contributed by atoms with Crippen molar-refractivity contribution in [2.75, 3.05) is 12.8 Å². The van der Waals surface area contributed by atoms with E-state index in [9.17, 15) is 4.79 Å². The Labute approximate surface area is 117 Å². The molecule has 0 aliphatic rings. The fraction of sp³-hybridized carbons (Fsp3) is 0.133. The monoisotopic (exact) mass is 272 g/mol. The lowest BCUT2D eigenvalue weighted by molar-refractivity contribution is 0.0960. The first-order valence-corrected chi connectivity index (χ1v) is 6.78. The minimum atomic E-state index is -0.102. The molecule has 0 fully saturated rings. The smallest absolute Gasteiger partial charge is 0.252 e. The molecule has 0 heterocycles. The van der Waals surface area contributed by atoms with Crippen LogP contribution < -0.4 is 11.1 Å². The summed E-state index contributed by atoms with van der Waals surface area (Å²) in [5, 5.41) is 2.64. The predicted octanol–water partition coefficient (Wildman–Crippen LogP) is 3.09. The largest absolute Gasteiger partial charge is 0.399 e. The first kappa shape index (κ1) is 13.5. The highest BCUT2D eigenvalue weighted by molar-refractivity contribution is 7.99. The van der Waals surface area contributed by atoms with Crippen LogP contribution in [0.5, 0.6) is 0 Å². The van der Waals surface area contributed by atoms with Gasteiger partial charge in [-0.3, -0.25) is 4.79 Å². The van der Waals surface area contributed by atoms with E-state index in [0.717, 1.165) is 9.79 Å². The van der Waals surface area contributed by atoms with Gasteiger partial charge in [0.05, 0.1) is 5.56 Å². The van der Waals surface area contributed by atoms with Gasteiger partial charge in [-0.15, -0.1) is 0 Å². The van der Waals surface area contributed by atoms with Crippen molar-refractivity contribution in [3.05, 3.63) is 53.6 Å². The number of nitrogens with one attached hydrogen (secondary N) is 1. The average Bonchev–Trinajstić information content (AvgIpc) is 2.41. The molecule has 0 aromatic heterocycles. The van der Waals surface area contributed by atoms with E-state index in [-0.39, 0.29) is 5.91 Å². The summed E-state index contributed by atoms with van der Waals surface area (Å²) in [4.78, 5) is 13.8. The maximum atomic E-state index is 11.8. The van der Waals surface area contributed by atoms with Gasteiger partial charge < -0.3 is 11.1 Å². The fourth-order valence-electron chi connectivity index (χ4n) is 1.68. The lowest BCUT2D eigenvalue weighted by Gasteiger charge is -2.09. The number of carbonyl (C=O) groups excluding carboxylic acids is 1.